The van der Waals surface area contributed by atoms with E-state index in [1.54, 1.807) is 14.2 Å². The van der Waals surface area contributed by atoms with Crippen LogP contribution in [0, 0.1) is 0 Å². The molecule has 20 heavy (non-hydrogen) atoms. The number of benzene rings is 2. The number of rotatable bonds is 2. The first-order chi connectivity index (χ1) is 9.47. The zero-order chi connectivity index (χ0) is 15.0. The second-order valence-corrected chi connectivity index (χ2v) is 5.50. The molecule has 0 atom stereocenters. The summed E-state index contributed by atoms with van der Waals surface area (Å²) >= 11 is 0. The van der Waals surface area contributed by atoms with Gasteiger partial charge in [-0.15, -0.1) is 0 Å². The Kier molecular flexibility index (Phi) is 6.10. The molecule has 0 aromatic heterocycles. The third-order valence-corrected chi connectivity index (χ3v) is 2.93. The van der Waals surface area contributed by atoms with Crippen LogP contribution in [0.5, 0.6) is 11.5 Å². The maximum absolute atomic E-state index is 5.08. The Balaban J connectivity index is 0.000000217. The summed E-state index contributed by atoms with van der Waals surface area (Å²) in [5.41, 5.74) is 1.56. The smallest absolute Gasteiger partial charge is 0.118 e. The average molecular weight is 272 g/mol. The maximum atomic E-state index is 5.08. The van der Waals surface area contributed by atoms with Gasteiger partial charge in [0.2, 0.25) is 0 Å². The number of methoxy groups -OCH3 is 2. The summed E-state index contributed by atoms with van der Waals surface area (Å²) < 4.78 is 10.00. The Hall–Kier alpha value is -1.96. The fourth-order valence-corrected chi connectivity index (χ4v) is 1.65. The summed E-state index contributed by atoms with van der Waals surface area (Å²) in [5, 5.41) is 0. The van der Waals surface area contributed by atoms with E-state index in [9.17, 15) is 0 Å². The highest BCUT2D eigenvalue weighted by Gasteiger charge is 2.12. The molecule has 2 heteroatoms. The molecule has 108 valence electrons. The van der Waals surface area contributed by atoms with Crippen LogP contribution < -0.4 is 9.47 Å². The van der Waals surface area contributed by atoms with Gasteiger partial charge in [0, 0.05) is 0 Å². The van der Waals surface area contributed by atoms with E-state index in [2.05, 4.69) is 32.9 Å². The minimum atomic E-state index is 0.228. The Morgan fingerprint density at radius 3 is 1.45 bits per heavy atom. The lowest BCUT2D eigenvalue weighted by Crippen LogP contribution is -2.10. The summed E-state index contributed by atoms with van der Waals surface area (Å²) in [5.74, 6) is 1.83. The standard InChI is InChI=1S/C11H16O.C7H8O/c1-11(2,3)9-5-7-10(12-4)8-6-9;1-8-7-5-3-2-4-6-7/h5-8H,1-4H3;2-6H,1H3. The number of hydrogen-bond donors (Lipinski definition) is 0. The SMILES string of the molecule is COc1ccc(C(C)(C)C)cc1.COc1ccccc1. The van der Waals surface area contributed by atoms with E-state index in [1.807, 2.05) is 42.5 Å². The molecule has 2 nitrogen and oxygen atoms in total. The van der Waals surface area contributed by atoms with Crippen molar-refractivity contribution in [3.8, 4) is 11.5 Å². The van der Waals surface area contributed by atoms with Gasteiger partial charge in [-0.2, -0.15) is 0 Å². The van der Waals surface area contributed by atoms with Crippen LogP contribution in [0.1, 0.15) is 26.3 Å². The Bertz CT molecular complexity index is 481. The van der Waals surface area contributed by atoms with Gasteiger partial charge in [0.05, 0.1) is 14.2 Å². The van der Waals surface area contributed by atoms with Crippen molar-refractivity contribution in [3.63, 3.8) is 0 Å². The fourth-order valence-electron chi connectivity index (χ4n) is 1.65. The highest BCUT2D eigenvalue weighted by molar-refractivity contribution is 5.30. The van der Waals surface area contributed by atoms with Gasteiger partial charge in [-0.1, -0.05) is 51.1 Å². The molecule has 0 unspecified atom stereocenters. The highest BCUT2D eigenvalue weighted by atomic mass is 16.5. The predicted octanol–water partition coefficient (Wildman–Crippen LogP) is 4.69. The van der Waals surface area contributed by atoms with Gasteiger partial charge in [0.1, 0.15) is 11.5 Å². The monoisotopic (exact) mass is 272 g/mol. The Morgan fingerprint density at radius 2 is 1.10 bits per heavy atom. The first-order valence-corrected chi connectivity index (χ1v) is 6.71. The summed E-state index contributed by atoms with van der Waals surface area (Å²) in [4.78, 5) is 0. The molecule has 2 aromatic carbocycles. The predicted molar refractivity (Wildman–Crippen MR) is 84.7 cm³/mol. The molecule has 0 amide bonds. The lowest BCUT2D eigenvalue weighted by atomic mass is 9.87. The van der Waals surface area contributed by atoms with Crippen LogP contribution in [-0.4, -0.2) is 14.2 Å². The maximum Gasteiger partial charge on any atom is 0.118 e. The van der Waals surface area contributed by atoms with Crippen LogP contribution in [0.15, 0.2) is 54.6 Å². The molecule has 0 aliphatic heterocycles. The molecule has 2 rings (SSSR count). The van der Waals surface area contributed by atoms with E-state index in [0.29, 0.717) is 0 Å². The normalized spacial score (nSPS) is 10.2. The van der Waals surface area contributed by atoms with Crippen molar-refractivity contribution < 1.29 is 9.47 Å². The summed E-state index contributed by atoms with van der Waals surface area (Å²) in [6.07, 6.45) is 0. The van der Waals surface area contributed by atoms with Crippen LogP contribution >= 0.6 is 0 Å². The molecule has 0 saturated heterocycles. The molecule has 0 fully saturated rings. The summed E-state index contributed by atoms with van der Waals surface area (Å²) in [6.45, 7) is 6.61. The zero-order valence-electron chi connectivity index (χ0n) is 13.0. The largest absolute Gasteiger partial charge is 0.497 e. The average Bonchev–Trinajstić information content (AvgIpc) is 2.48. The van der Waals surface area contributed by atoms with Crippen LogP contribution in [0.25, 0.3) is 0 Å². The first-order valence-electron chi connectivity index (χ1n) is 6.71. The molecule has 0 aliphatic carbocycles. The first kappa shape index (κ1) is 16.1. The minimum Gasteiger partial charge on any atom is -0.497 e. The van der Waals surface area contributed by atoms with Gasteiger partial charge >= 0.3 is 0 Å². The van der Waals surface area contributed by atoms with Crippen molar-refractivity contribution in [2.75, 3.05) is 14.2 Å². The summed E-state index contributed by atoms with van der Waals surface area (Å²) in [7, 11) is 3.35. The van der Waals surface area contributed by atoms with Crippen molar-refractivity contribution in [2.24, 2.45) is 0 Å². The van der Waals surface area contributed by atoms with E-state index >= 15 is 0 Å². The number of ether oxygens (including phenoxy) is 2. The van der Waals surface area contributed by atoms with Crippen molar-refractivity contribution in [1.29, 1.82) is 0 Å². The van der Waals surface area contributed by atoms with E-state index < -0.39 is 0 Å². The second kappa shape index (κ2) is 7.59. The molecule has 0 N–H and O–H groups in total. The molecule has 0 aliphatic rings. The topological polar surface area (TPSA) is 18.5 Å². The van der Waals surface area contributed by atoms with Gasteiger partial charge in [-0.05, 0) is 35.2 Å². The van der Waals surface area contributed by atoms with E-state index in [-0.39, 0.29) is 5.41 Å². The zero-order valence-corrected chi connectivity index (χ0v) is 13.0. The molecule has 0 spiro atoms. The third kappa shape index (κ3) is 5.35. The molecule has 0 bridgehead atoms. The van der Waals surface area contributed by atoms with E-state index in [4.69, 9.17) is 9.47 Å². The Morgan fingerprint density at radius 1 is 0.650 bits per heavy atom. The van der Waals surface area contributed by atoms with Crippen LogP contribution in [-0.2, 0) is 5.41 Å². The van der Waals surface area contributed by atoms with Gasteiger partial charge in [-0.25, -0.2) is 0 Å². The number of hydrogen-bond acceptors (Lipinski definition) is 2. The number of para-hydroxylation sites is 1. The quantitative estimate of drug-likeness (QED) is 0.789. The molecular formula is C18H24O2. The van der Waals surface area contributed by atoms with E-state index in [0.717, 1.165) is 11.5 Å². The molecule has 0 saturated carbocycles. The van der Waals surface area contributed by atoms with Crippen molar-refractivity contribution in [2.45, 2.75) is 26.2 Å². The van der Waals surface area contributed by atoms with Gasteiger partial charge in [0.15, 0.2) is 0 Å². The lowest BCUT2D eigenvalue weighted by Gasteiger charge is -2.18. The molecular weight excluding hydrogens is 248 g/mol. The third-order valence-electron chi connectivity index (χ3n) is 2.93. The van der Waals surface area contributed by atoms with Crippen molar-refractivity contribution >= 4 is 0 Å². The molecule has 2 aromatic rings. The van der Waals surface area contributed by atoms with Gasteiger partial charge < -0.3 is 9.47 Å². The molecule has 0 heterocycles. The second-order valence-electron chi connectivity index (χ2n) is 5.50. The van der Waals surface area contributed by atoms with E-state index in [1.165, 1.54) is 5.56 Å². The fraction of sp³-hybridized carbons (Fsp3) is 0.333. The van der Waals surface area contributed by atoms with Gasteiger partial charge in [0.25, 0.3) is 0 Å². The minimum absolute atomic E-state index is 0.228. The lowest BCUT2D eigenvalue weighted by molar-refractivity contribution is 0.414. The van der Waals surface area contributed by atoms with Crippen molar-refractivity contribution in [3.05, 3.63) is 60.2 Å². The Labute approximate surface area is 122 Å². The van der Waals surface area contributed by atoms with Crippen LogP contribution in [0.2, 0.25) is 0 Å². The highest BCUT2D eigenvalue weighted by Crippen LogP contribution is 2.23. The molecule has 0 radical (unpaired) electrons. The summed E-state index contributed by atoms with van der Waals surface area (Å²) in [6, 6.07) is 17.9. The van der Waals surface area contributed by atoms with Crippen LogP contribution in [0.4, 0.5) is 0 Å². The van der Waals surface area contributed by atoms with Crippen molar-refractivity contribution in [1.82, 2.24) is 0 Å². The van der Waals surface area contributed by atoms with Gasteiger partial charge in [-0.3, -0.25) is 0 Å². The van der Waals surface area contributed by atoms with Crippen LogP contribution in [0.3, 0.4) is 0 Å².